The van der Waals surface area contributed by atoms with Crippen LogP contribution in [0.3, 0.4) is 0 Å². The Morgan fingerprint density at radius 1 is 1.71 bits per heavy atom. The van der Waals surface area contributed by atoms with Crippen LogP contribution in [0.4, 0.5) is 11.5 Å². The molecule has 0 aromatic carbocycles. The van der Waals surface area contributed by atoms with Crippen molar-refractivity contribution in [3.63, 3.8) is 0 Å². The molecule has 0 radical (unpaired) electrons. The van der Waals surface area contributed by atoms with E-state index in [2.05, 4.69) is 16.9 Å². The lowest BCUT2D eigenvalue weighted by molar-refractivity contribution is -0.389. The van der Waals surface area contributed by atoms with Gasteiger partial charge in [0.2, 0.25) is 0 Å². The maximum atomic E-state index is 10.3. The van der Waals surface area contributed by atoms with Crippen LogP contribution in [-0.4, -0.2) is 15.9 Å². The lowest BCUT2D eigenvalue weighted by Gasteiger charge is -2.08. The third-order valence-electron chi connectivity index (χ3n) is 1.68. The summed E-state index contributed by atoms with van der Waals surface area (Å²) < 4.78 is 0. The second kappa shape index (κ2) is 4.36. The highest BCUT2D eigenvalue weighted by atomic mass is 16.6. The highest BCUT2D eigenvalue weighted by molar-refractivity contribution is 5.44. The summed E-state index contributed by atoms with van der Waals surface area (Å²) in [5, 5.41) is 13.4. The first-order chi connectivity index (χ1) is 6.63. The van der Waals surface area contributed by atoms with Gasteiger partial charge in [0.15, 0.2) is 6.20 Å². The van der Waals surface area contributed by atoms with Gasteiger partial charge in [0.1, 0.15) is 0 Å². The zero-order valence-electron chi connectivity index (χ0n) is 7.80. The third-order valence-corrected chi connectivity index (χ3v) is 1.68. The molecule has 74 valence electrons. The number of nitrogens with zero attached hydrogens (tertiary/aromatic N) is 2. The summed E-state index contributed by atoms with van der Waals surface area (Å²) >= 11 is 0. The summed E-state index contributed by atoms with van der Waals surface area (Å²) in [6.45, 7) is 5.54. The lowest BCUT2D eigenvalue weighted by atomic mass is 10.3. The van der Waals surface area contributed by atoms with E-state index >= 15 is 0 Å². The van der Waals surface area contributed by atoms with Crippen LogP contribution in [0.15, 0.2) is 31.0 Å². The van der Waals surface area contributed by atoms with Crippen molar-refractivity contribution in [2.75, 3.05) is 5.32 Å². The molecule has 1 rings (SSSR count). The quantitative estimate of drug-likeness (QED) is 0.451. The SMILES string of the molecule is C=CC(C)Nc1ccc([N+](=O)[O-])nc1. The monoisotopic (exact) mass is 193 g/mol. The fourth-order valence-electron chi connectivity index (χ4n) is 0.901. The van der Waals surface area contributed by atoms with E-state index in [1.165, 1.54) is 12.3 Å². The molecule has 0 bridgehead atoms. The Balaban J connectivity index is 2.73. The van der Waals surface area contributed by atoms with E-state index in [9.17, 15) is 10.1 Å². The van der Waals surface area contributed by atoms with Gasteiger partial charge in [-0.25, -0.2) is 0 Å². The molecule has 0 aliphatic rings. The van der Waals surface area contributed by atoms with E-state index in [1.807, 2.05) is 6.92 Å². The number of hydrogen-bond donors (Lipinski definition) is 1. The van der Waals surface area contributed by atoms with Crippen molar-refractivity contribution in [1.82, 2.24) is 4.98 Å². The molecule has 0 aliphatic carbocycles. The van der Waals surface area contributed by atoms with Gasteiger partial charge < -0.3 is 15.4 Å². The molecule has 0 spiro atoms. The van der Waals surface area contributed by atoms with Crippen LogP contribution in [0.25, 0.3) is 0 Å². The molecular formula is C9H11N3O2. The highest BCUT2D eigenvalue weighted by Crippen LogP contribution is 2.12. The lowest BCUT2D eigenvalue weighted by Crippen LogP contribution is -2.11. The standard InChI is InChI=1S/C9H11N3O2/c1-3-7(2)11-8-4-5-9(10-6-8)12(13)14/h3-7,11H,1H2,2H3. The first-order valence-electron chi connectivity index (χ1n) is 4.13. The Morgan fingerprint density at radius 3 is 2.86 bits per heavy atom. The van der Waals surface area contributed by atoms with Crippen molar-refractivity contribution < 1.29 is 4.92 Å². The Labute approximate surface area is 81.6 Å². The van der Waals surface area contributed by atoms with Crippen LogP contribution < -0.4 is 5.32 Å². The van der Waals surface area contributed by atoms with Gasteiger partial charge in [-0.15, -0.1) is 6.58 Å². The molecule has 5 nitrogen and oxygen atoms in total. The minimum atomic E-state index is -0.527. The smallest absolute Gasteiger partial charge is 0.363 e. The molecule has 0 amide bonds. The van der Waals surface area contributed by atoms with Gasteiger partial charge in [0.05, 0.1) is 5.69 Å². The molecule has 0 aliphatic heterocycles. The van der Waals surface area contributed by atoms with E-state index in [4.69, 9.17) is 0 Å². The summed E-state index contributed by atoms with van der Waals surface area (Å²) in [4.78, 5) is 13.4. The van der Waals surface area contributed by atoms with Crippen molar-refractivity contribution in [3.05, 3.63) is 41.1 Å². The number of nitrogens with one attached hydrogen (secondary N) is 1. The molecule has 0 saturated carbocycles. The number of aromatic nitrogens is 1. The zero-order valence-corrected chi connectivity index (χ0v) is 7.80. The average molecular weight is 193 g/mol. The second-order valence-corrected chi connectivity index (χ2v) is 2.83. The minimum Gasteiger partial charge on any atom is -0.376 e. The summed E-state index contributed by atoms with van der Waals surface area (Å²) in [5.41, 5.74) is 0.739. The van der Waals surface area contributed by atoms with Gasteiger partial charge in [-0.2, -0.15) is 0 Å². The fraction of sp³-hybridized carbons (Fsp3) is 0.222. The van der Waals surface area contributed by atoms with Gasteiger partial charge in [-0.3, -0.25) is 0 Å². The normalized spacial score (nSPS) is 11.8. The summed E-state index contributed by atoms with van der Waals surface area (Å²) in [7, 11) is 0. The van der Waals surface area contributed by atoms with Crippen molar-refractivity contribution in [3.8, 4) is 0 Å². The van der Waals surface area contributed by atoms with Crippen LogP contribution >= 0.6 is 0 Å². The Bertz CT molecular complexity index is 334. The number of rotatable bonds is 4. The highest BCUT2D eigenvalue weighted by Gasteiger charge is 2.06. The fourth-order valence-corrected chi connectivity index (χ4v) is 0.901. The van der Waals surface area contributed by atoms with Gasteiger partial charge in [0, 0.05) is 12.1 Å². The van der Waals surface area contributed by atoms with Crippen LogP contribution in [-0.2, 0) is 0 Å². The Kier molecular flexibility index (Phi) is 3.17. The minimum absolute atomic E-state index is 0.109. The third kappa shape index (κ3) is 2.55. The van der Waals surface area contributed by atoms with Gasteiger partial charge in [-0.05, 0) is 22.9 Å². The number of nitro groups is 1. The number of anilines is 1. The molecule has 1 atom stereocenters. The van der Waals surface area contributed by atoms with E-state index in [-0.39, 0.29) is 11.9 Å². The van der Waals surface area contributed by atoms with E-state index in [1.54, 1.807) is 12.1 Å². The molecule has 1 aromatic rings. The van der Waals surface area contributed by atoms with E-state index in [0.29, 0.717) is 0 Å². The maximum Gasteiger partial charge on any atom is 0.363 e. The molecule has 14 heavy (non-hydrogen) atoms. The van der Waals surface area contributed by atoms with Crippen molar-refractivity contribution >= 4 is 11.5 Å². The molecule has 1 N–H and O–H groups in total. The predicted octanol–water partition coefficient (Wildman–Crippen LogP) is 1.98. The molecular weight excluding hydrogens is 182 g/mol. The second-order valence-electron chi connectivity index (χ2n) is 2.83. The predicted molar refractivity (Wildman–Crippen MR) is 54.2 cm³/mol. The van der Waals surface area contributed by atoms with Crippen LogP contribution in [0.5, 0.6) is 0 Å². The number of hydrogen-bond acceptors (Lipinski definition) is 4. The first-order valence-corrected chi connectivity index (χ1v) is 4.13. The van der Waals surface area contributed by atoms with Gasteiger partial charge in [-0.1, -0.05) is 6.08 Å². The van der Waals surface area contributed by atoms with Crippen molar-refractivity contribution in [2.45, 2.75) is 13.0 Å². The maximum absolute atomic E-state index is 10.3. The summed E-state index contributed by atoms with van der Waals surface area (Å²) in [6, 6.07) is 3.08. The summed E-state index contributed by atoms with van der Waals surface area (Å²) in [6.07, 6.45) is 3.17. The van der Waals surface area contributed by atoms with Crippen LogP contribution in [0.2, 0.25) is 0 Å². The molecule has 1 aromatic heterocycles. The molecule has 0 saturated heterocycles. The Morgan fingerprint density at radius 2 is 2.43 bits per heavy atom. The first kappa shape index (κ1) is 10.2. The molecule has 1 unspecified atom stereocenters. The Hall–Kier alpha value is -1.91. The average Bonchev–Trinajstić information content (AvgIpc) is 2.18. The topological polar surface area (TPSA) is 68.1 Å². The molecule has 0 fully saturated rings. The largest absolute Gasteiger partial charge is 0.376 e. The van der Waals surface area contributed by atoms with Gasteiger partial charge in [0.25, 0.3) is 0 Å². The van der Waals surface area contributed by atoms with Gasteiger partial charge >= 0.3 is 5.82 Å². The van der Waals surface area contributed by atoms with E-state index < -0.39 is 4.92 Å². The van der Waals surface area contributed by atoms with Crippen molar-refractivity contribution in [2.24, 2.45) is 0 Å². The molecule has 1 heterocycles. The van der Waals surface area contributed by atoms with Crippen LogP contribution in [0.1, 0.15) is 6.92 Å². The summed E-state index contributed by atoms with van der Waals surface area (Å²) in [5.74, 6) is -0.151. The zero-order chi connectivity index (χ0) is 10.6. The van der Waals surface area contributed by atoms with Crippen molar-refractivity contribution in [1.29, 1.82) is 0 Å². The van der Waals surface area contributed by atoms with Crippen LogP contribution in [0, 0.1) is 10.1 Å². The molecule has 5 heteroatoms. The van der Waals surface area contributed by atoms with E-state index in [0.717, 1.165) is 5.69 Å². The number of pyridine rings is 1.